The molecule has 1 unspecified atom stereocenters. The second kappa shape index (κ2) is 7.71. The Morgan fingerprint density at radius 1 is 0.815 bits per heavy atom. The molecule has 0 spiro atoms. The number of hydrogen-bond donors (Lipinski definition) is 3. The minimum Gasteiger partial charge on any atom is -0.367 e. The summed E-state index contributed by atoms with van der Waals surface area (Å²) in [5.41, 5.74) is 2.65. The van der Waals surface area contributed by atoms with E-state index in [1.807, 2.05) is 30.3 Å². The molecule has 0 amide bonds. The largest absolute Gasteiger partial charge is 0.367 e. The van der Waals surface area contributed by atoms with Crippen LogP contribution in [0.4, 0.5) is 5.69 Å². The van der Waals surface area contributed by atoms with E-state index < -0.39 is 22.1 Å². The van der Waals surface area contributed by atoms with Crippen molar-refractivity contribution in [3.63, 3.8) is 0 Å². The van der Waals surface area contributed by atoms with Crippen molar-refractivity contribution in [2.45, 2.75) is 11.1 Å². The zero-order valence-electron chi connectivity index (χ0n) is 14.1. The van der Waals surface area contributed by atoms with Gasteiger partial charge in [0.05, 0.1) is 4.90 Å². The Labute approximate surface area is 156 Å². The molecule has 0 saturated carbocycles. The average molecular weight is 383 g/mol. The summed E-state index contributed by atoms with van der Waals surface area (Å²) >= 11 is 0. The number of aliphatic hydroxyl groups excluding tert-OH is 1. The van der Waals surface area contributed by atoms with E-state index in [0.717, 1.165) is 11.1 Å². The second-order valence-corrected chi connectivity index (χ2v) is 7.28. The van der Waals surface area contributed by atoms with Crippen LogP contribution in [0.5, 0.6) is 0 Å². The van der Waals surface area contributed by atoms with Gasteiger partial charge < -0.3 is 10.4 Å². The maximum absolute atomic E-state index is 12.4. The van der Waals surface area contributed by atoms with Gasteiger partial charge in [0, 0.05) is 11.3 Å². The molecule has 3 aromatic rings. The van der Waals surface area contributed by atoms with Crippen molar-refractivity contribution in [2.24, 2.45) is 0 Å². The molecule has 7 heteroatoms. The number of benzene rings is 3. The molecule has 0 bridgehead atoms. The van der Waals surface area contributed by atoms with Crippen molar-refractivity contribution in [1.29, 1.82) is 0 Å². The van der Waals surface area contributed by atoms with Gasteiger partial charge in [-0.05, 0) is 35.4 Å². The quantitative estimate of drug-likeness (QED) is 0.343. The van der Waals surface area contributed by atoms with Gasteiger partial charge in [0.2, 0.25) is 5.78 Å². The molecule has 1 atom stereocenters. The Balaban J connectivity index is 1.70. The highest BCUT2D eigenvalue weighted by Gasteiger charge is 2.17. The zero-order chi connectivity index (χ0) is 19.4. The van der Waals surface area contributed by atoms with Crippen molar-refractivity contribution < 1.29 is 22.9 Å². The Morgan fingerprint density at radius 3 is 1.93 bits per heavy atom. The molecule has 6 nitrogen and oxygen atoms in total. The fourth-order valence-corrected chi connectivity index (χ4v) is 3.04. The number of carbonyl (C=O) groups excluding carboxylic acids is 1. The molecule has 27 heavy (non-hydrogen) atoms. The summed E-state index contributed by atoms with van der Waals surface area (Å²) in [6.07, 6.45) is -1.50. The predicted octanol–water partition coefficient (Wildman–Crippen LogP) is 3.21. The van der Waals surface area contributed by atoms with Crippen LogP contribution in [0.2, 0.25) is 0 Å². The molecule has 0 saturated heterocycles. The normalized spacial score (nSPS) is 12.4. The summed E-state index contributed by atoms with van der Waals surface area (Å²) in [6, 6.07) is 21.6. The van der Waals surface area contributed by atoms with Gasteiger partial charge in [-0.3, -0.25) is 9.35 Å². The Kier molecular flexibility index (Phi) is 5.36. The molecule has 3 N–H and O–H groups in total. The summed E-state index contributed by atoms with van der Waals surface area (Å²) in [4.78, 5) is 12.1. The topological polar surface area (TPSA) is 104 Å². The SMILES string of the molecule is O=C(c1ccc(-c2ccccc2)cc1)C(O)Nc1ccc(S(=O)(=O)O)cc1. The number of carbonyl (C=O) groups is 1. The maximum atomic E-state index is 12.4. The molecule has 0 aliphatic rings. The second-order valence-electron chi connectivity index (χ2n) is 5.85. The fraction of sp³-hybridized carbons (Fsp3) is 0.0500. The number of Topliss-reactive ketones (excluding diaryl/α,β-unsaturated/α-hetero) is 1. The lowest BCUT2D eigenvalue weighted by atomic mass is 10.0. The van der Waals surface area contributed by atoms with Crippen LogP contribution in [0.1, 0.15) is 10.4 Å². The first kappa shape index (κ1) is 18.8. The number of nitrogens with one attached hydrogen (secondary N) is 1. The predicted molar refractivity (Wildman–Crippen MR) is 102 cm³/mol. The van der Waals surface area contributed by atoms with Crippen molar-refractivity contribution in [3.8, 4) is 11.1 Å². The number of hydrogen-bond acceptors (Lipinski definition) is 5. The Morgan fingerprint density at radius 2 is 1.37 bits per heavy atom. The van der Waals surface area contributed by atoms with Crippen molar-refractivity contribution >= 4 is 21.6 Å². The maximum Gasteiger partial charge on any atom is 0.294 e. The summed E-state index contributed by atoms with van der Waals surface area (Å²) in [6.45, 7) is 0. The highest BCUT2D eigenvalue weighted by molar-refractivity contribution is 7.85. The third kappa shape index (κ3) is 4.59. The monoisotopic (exact) mass is 383 g/mol. The minimum atomic E-state index is -4.29. The molecule has 138 valence electrons. The third-order valence-electron chi connectivity index (χ3n) is 3.98. The third-order valence-corrected chi connectivity index (χ3v) is 4.85. The molecule has 0 aliphatic carbocycles. The molecule has 0 aromatic heterocycles. The van der Waals surface area contributed by atoms with E-state index in [1.165, 1.54) is 24.3 Å². The lowest BCUT2D eigenvalue weighted by Gasteiger charge is -2.14. The van der Waals surface area contributed by atoms with E-state index in [9.17, 15) is 18.3 Å². The van der Waals surface area contributed by atoms with Crippen LogP contribution in [0, 0.1) is 0 Å². The summed E-state index contributed by atoms with van der Waals surface area (Å²) < 4.78 is 31.0. The van der Waals surface area contributed by atoms with E-state index in [2.05, 4.69) is 5.32 Å². The van der Waals surface area contributed by atoms with Crippen LogP contribution < -0.4 is 5.32 Å². The molecular weight excluding hydrogens is 366 g/mol. The summed E-state index contributed by atoms with van der Waals surface area (Å²) in [7, 11) is -4.29. The fourth-order valence-electron chi connectivity index (χ4n) is 2.56. The lowest BCUT2D eigenvalue weighted by molar-refractivity contribution is 0.0793. The highest BCUT2D eigenvalue weighted by atomic mass is 32.2. The van der Waals surface area contributed by atoms with E-state index >= 15 is 0 Å². The lowest BCUT2D eigenvalue weighted by Crippen LogP contribution is -2.29. The first-order valence-electron chi connectivity index (χ1n) is 8.06. The van der Waals surface area contributed by atoms with Crippen LogP contribution in [-0.2, 0) is 10.1 Å². The van der Waals surface area contributed by atoms with Crippen LogP contribution in [0.25, 0.3) is 11.1 Å². The van der Waals surface area contributed by atoms with Gasteiger partial charge in [-0.15, -0.1) is 0 Å². The zero-order valence-corrected chi connectivity index (χ0v) is 14.9. The van der Waals surface area contributed by atoms with E-state index in [-0.39, 0.29) is 4.90 Å². The van der Waals surface area contributed by atoms with E-state index in [1.54, 1.807) is 24.3 Å². The standard InChI is InChI=1S/C20H17NO5S/c22-19(16-8-6-15(7-9-16)14-4-2-1-3-5-14)20(23)21-17-10-12-18(13-11-17)27(24,25)26/h1-13,20-21,23H,(H,24,25,26). The number of ketones is 1. The molecular formula is C20H17NO5S. The number of aliphatic hydroxyl groups is 1. The van der Waals surface area contributed by atoms with Gasteiger partial charge in [0.1, 0.15) is 0 Å². The average Bonchev–Trinajstić information content (AvgIpc) is 2.68. The highest BCUT2D eigenvalue weighted by Crippen LogP contribution is 2.20. The molecule has 0 heterocycles. The van der Waals surface area contributed by atoms with Gasteiger partial charge in [0.25, 0.3) is 10.1 Å². The van der Waals surface area contributed by atoms with E-state index in [4.69, 9.17) is 4.55 Å². The van der Waals surface area contributed by atoms with Gasteiger partial charge in [-0.2, -0.15) is 8.42 Å². The van der Waals surface area contributed by atoms with Gasteiger partial charge in [-0.1, -0.05) is 54.6 Å². The van der Waals surface area contributed by atoms with Crippen molar-refractivity contribution in [1.82, 2.24) is 0 Å². The number of anilines is 1. The van der Waals surface area contributed by atoms with Crippen LogP contribution in [0.15, 0.2) is 83.8 Å². The van der Waals surface area contributed by atoms with Crippen LogP contribution >= 0.6 is 0 Å². The Hall–Kier alpha value is -3.00. The van der Waals surface area contributed by atoms with Crippen LogP contribution in [0.3, 0.4) is 0 Å². The van der Waals surface area contributed by atoms with Gasteiger partial charge >= 0.3 is 0 Å². The van der Waals surface area contributed by atoms with Crippen LogP contribution in [-0.4, -0.2) is 30.1 Å². The van der Waals surface area contributed by atoms with Crippen molar-refractivity contribution in [2.75, 3.05) is 5.32 Å². The molecule has 3 rings (SSSR count). The number of rotatable bonds is 6. The summed E-state index contributed by atoms with van der Waals surface area (Å²) in [5, 5.41) is 12.7. The van der Waals surface area contributed by atoms with Gasteiger partial charge in [0.15, 0.2) is 6.23 Å². The first-order valence-corrected chi connectivity index (χ1v) is 9.50. The van der Waals surface area contributed by atoms with Crippen molar-refractivity contribution in [3.05, 3.63) is 84.4 Å². The Bertz CT molecular complexity index is 1030. The molecule has 0 aliphatic heterocycles. The summed E-state index contributed by atoms with van der Waals surface area (Å²) in [5.74, 6) is -0.520. The minimum absolute atomic E-state index is 0.273. The smallest absolute Gasteiger partial charge is 0.294 e. The molecule has 0 fully saturated rings. The molecule has 3 aromatic carbocycles. The first-order chi connectivity index (χ1) is 12.8. The molecule has 0 radical (unpaired) electrons. The van der Waals surface area contributed by atoms with Gasteiger partial charge in [-0.25, -0.2) is 0 Å². The van der Waals surface area contributed by atoms with E-state index in [0.29, 0.717) is 11.3 Å².